The second kappa shape index (κ2) is 11.5. The average Bonchev–Trinajstić information content (AvgIpc) is 3.59. The Morgan fingerprint density at radius 2 is 1.11 bits per heavy atom. The molecule has 0 nitrogen and oxygen atoms in total. The first-order valence-corrected chi connectivity index (χ1v) is 23.3. The van der Waals surface area contributed by atoms with E-state index in [1.54, 1.807) is 19.2 Å². The molecule has 7 heteroatoms. The van der Waals surface area contributed by atoms with Gasteiger partial charge in [-0.1, -0.05) is 0 Å². The third-order valence-corrected chi connectivity index (χ3v) is 27.2. The van der Waals surface area contributed by atoms with E-state index in [0.717, 1.165) is 11.8 Å². The summed E-state index contributed by atoms with van der Waals surface area (Å²) in [6.45, 7) is 9.67. The molecule has 0 amide bonds. The number of halogens is 2. The fourth-order valence-electron chi connectivity index (χ4n) is 6.40. The molecule has 0 radical (unpaired) electrons. The van der Waals surface area contributed by atoms with Crippen LogP contribution in [0.2, 0.25) is 10.5 Å². The molecule has 35 heavy (non-hydrogen) atoms. The van der Waals surface area contributed by atoms with E-state index in [9.17, 15) is 0 Å². The molecule has 0 spiro atoms. The fourth-order valence-corrected chi connectivity index (χ4v) is 32.2. The molecule has 0 saturated heterocycles. The Morgan fingerprint density at radius 1 is 0.686 bits per heavy atom. The number of rotatable bonds is 12. The first-order chi connectivity index (χ1) is 16.9. The van der Waals surface area contributed by atoms with Crippen molar-refractivity contribution in [1.29, 1.82) is 0 Å². The minimum absolute atomic E-state index is 0.870. The fraction of sp³-hybridized carbons (Fsp3) is 0.571. The van der Waals surface area contributed by atoms with Crippen LogP contribution >= 0.6 is 77.2 Å². The maximum absolute atomic E-state index is 3.86. The zero-order valence-corrected chi connectivity index (χ0v) is 29.8. The summed E-state index contributed by atoms with van der Waals surface area (Å²) < 4.78 is 12.8. The Hall–Kier alpha value is 0.823. The van der Waals surface area contributed by atoms with E-state index in [0.29, 0.717) is 0 Å². The molecule has 5 rings (SSSR count). The van der Waals surface area contributed by atoms with E-state index in [1.165, 1.54) is 78.8 Å². The summed E-state index contributed by atoms with van der Waals surface area (Å²) in [6, 6.07) is 4.82. The SMILES string of the molecule is CCCCC(CC)[CH2][Ge]1([CH2]C(CC)CCCC)[c]2c(sc3cc(Br)sc23)-c2sc3cc(Br)sc3[c]21. The summed E-state index contributed by atoms with van der Waals surface area (Å²) in [5.41, 5.74) is 0. The van der Waals surface area contributed by atoms with Crippen LogP contribution in [-0.2, 0) is 0 Å². The number of fused-ring (bicyclic) bond motifs is 7. The van der Waals surface area contributed by atoms with Crippen LogP contribution in [0.1, 0.15) is 79.1 Å². The van der Waals surface area contributed by atoms with Gasteiger partial charge in [0.05, 0.1) is 0 Å². The molecule has 0 saturated carbocycles. The molecule has 1 aliphatic rings. The van der Waals surface area contributed by atoms with Gasteiger partial charge in [-0.2, -0.15) is 0 Å². The van der Waals surface area contributed by atoms with Crippen molar-refractivity contribution in [2.75, 3.05) is 0 Å². The molecule has 4 aromatic heterocycles. The van der Waals surface area contributed by atoms with Gasteiger partial charge in [-0.3, -0.25) is 0 Å². The molecule has 4 aromatic rings. The predicted molar refractivity (Wildman–Crippen MR) is 175 cm³/mol. The number of thiophene rings is 4. The first kappa shape index (κ1) is 27.4. The molecule has 0 aromatic carbocycles. The van der Waals surface area contributed by atoms with Crippen LogP contribution in [0.25, 0.3) is 28.6 Å². The first-order valence-electron chi connectivity index (χ1n) is 13.4. The van der Waals surface area contributed by atoms with Crippen LogP contribution in [-0.4, -0.2) is 13.3 Å². The van der Waals surface area contributed by atoms with Crippen molar-refractivity contribution in [3.63, 3.8) is 0 Å². The van der Waals surface area contributed by atoms with Gasteiger partial charge in [0.25, 0.3) is 0 Å². The van der Waals surface area contributed by atoms with Gasteiger partial charge < -0.3 is 0 Å². The van der Waals surface area contributed by atoms with E-state index < -0.39 is 13.3 Å². The van der Waals surface area contributed by atoms with Crippen LogP contribution in [0.15, 0.2) is 19.7 Å². The van der Waals surface area contributed by atoms with Gasteiger partial charge in [-0.05, 0) is 0 Å². The van der Waals surface area contributed by atoms with Crippen molar-refractivity contribution in [1.82, 2.24) is 0 Å². The Balaban J connectivity index is 1.76. The molecule has 2 atom stereocenters. The zero-order chi connectivity index (χ0) is 24.7. The molecule has 190 valence electrons. The molecular formula is C28H36Br2GeS4. The van der Waals surface area contributed by atoms with Crippen LogP contribution in [0.5, 0.6) is 0 Å². The van der Waals surface area contributed by atoms with Gasteiger partial charge in [0.1, 0.15) is 0 Å². The van der Waals surface area contributed by atoms with Crippen LogP contribution in [0, 0.1) is 11.8 Å². The van der Waals surface area contributed by atoms with Crippen molar-refractivity contribution in [2.45, 2.75) is 89.6 Å². The van der Waals surface area contributed by atoms with Crippen LogP contribution < -0.4 is 8.79 Å². The van der Waals surface area contributed by atoms with E-state index in [-0.39, 0.29) is 0 Å². The van der Waals surface area contributed by atoms with Crippen molar-refractivity contribution in [2.24, 2.45) is 11.8 Å². The van der Waals surface area contributed by atoms with E-state index >= 15 is 0 Å². The number of unbranched alkanes of at least 4 members (excludes halogenated alkanes) is 2. The molecule has 1 aliphatic heterocycles. The van der Waals surface area contributed by atoms with E-state index in [1.807, 2.05) is 31.5 Å². The van der Waals surface area contributed by atoms with Crippen molar-refractivity contribution < 1.29 is 0 Å². The molecule has 0 N–H and O–H groups in total. The number of hydrogen-bond acceptors (Lipinski definition) is 4. The molecule has 0 bridgehead atoms. The van der Waals surface area contributed by atoms with Gasteiger partial charge in [0.2, 0.25) is 0 Å². The van der Waals surface area contributed by atoms with Gasteiger partial charge in [0, 0.05) is 0 Å². The molecule has 0 aliphatic carbocycles. The minimum atomic E-state index is -2.67. The third kappa shape index (κ3) is 4.98. The van der Waals surface area contributed by atoms with Crippen LogP contribution in [0.4, 0.5) is 0 Å². The average molecular weight is 733 g/mol. The van der Waals surface area contributed by atoms with Crippen molar-refractivity contribution in [3.05, 3.63) is 19.7 Å². The Bertz CT molecular complexity index is 1210. The Labute approximate surface area is 246 Å². The second-order valence-corrected chi connectivity index (χ2v) is 25.7. The van der Waals surface area contributed by atoms with Gasteiger partial charge in [-0.25, -0.2) is 0 Å². The van der Waals surface area contributed by atoms with Gasteiger partial charge in [0.15, 0.2) is 0 Å². The molecule has 2 unspecified atom stereocenters. The maximum atomic E-state index is 3.86. The molecule has 5 heterocycles. The topological polar surface area (TPSA) is 0 Å². The summed E-state index contributed by atoms with van der Waals surface area (Å²) >= 11 is 13.3. The summed E-state index contributed by atoms with van der Waals surface area (Å²) in [5.74, 6) is 1.74. The standard InChI is InChI=1S/C28H36Br2GeS4/c1-5-9-11-17(7-3)15-31(16-18(8-4)12-10-6-2)23-25-19(13-21(29)34-25)32-27(23)28-24(31)26-20(33-28)14-22(30)35-26/h13-14,17-18H,5-12,15-16H2,1-4H3. The van der Waals surface area contributed by atoms with Crippen molar-refractivity contribution >= 4 is 118 Å². The normalized spacial score (nSPS) is 16.3. The van der Waals surface area contributed by atoms with E-state index in [4.69, 9.17) is 0 Å². The summed E-state index contributed by atoms with van der Waals surface area (Å²) in [6.07, 6.45) is 10.9. The quantitative estimate of drug-likeness (QED) is 0.127. The second-order valence-electron chi connectivity index (χ2n) is 10.4. The molecule has 0 fully saturated rings. The van der Waals surface area contributed by atoms with Gasteiger partial charge >= 0.3 is 249 Å². The summed E-state index contributed by atoms with van der Waals surface area (Å²) in [5, 5.41) is 3.00. The molecular weight excluding hydrogens is 697 g/mol. The number of hydrogen-bond donors (Lipinski definition) is 0. The predicted octanol–water partition coefficient (Wildman–Crippen LogP) is 11.7. The van der Waals surface area contributed by atoms with E-state index in [2.05, 4.69) is 94.4 Å². The monoisotopic (exact) mass is 732 g/mol. The Morgan fingerprint density at radius 3 is 1.49 bits per heavy atom. The van der Waals surface area contributed by atoms with Crippen LogP contribution in [0.3, 0.4) is 0 Å². The Kier molecular flexibility index (Phi) is 9.01. The third-order valence-electron chi connectivity index (χ3n) is 8.19. The summed E-state index contributed by atoms with van der Waals surface area (Å²) in [7, 11) is 0. The summed E-state index contributed by atoms with van der Waals surface area (Å²) in [4.78, 5) is 3.38. The van der Waals surface area contributed by atoms with Crippen molar-refractivity contribution in [3.8, 4) is 9.75 Å². The zero-order valence-electron chi connectivity index (χ0n) is 21.3. The van der Waals surface area contributed by atoms with Gasteiger partial charge in [-0.15, -0.1) is 0 Å².